The lowest BCUT2D eigenvalue weighted by Gasteiger charge is -2.30. The lowest BCUT2D eigenvalue weighted by Crippen LogP contribution is -2.30. The Morgan fingerprint density at radius 2 is 1.95 bits per heavy atom. The highest BCUT2D eigenvalue weighted by atomic mass is 79.9. The van der Waals surface area contributed by atoms with Gasteiger partial charge in [0.15, 0.2) is 0 Å². The number of allylic oxidation sites excluding steroid dienone is 1. The van der Waals surface area contributed by atoms with Crippen molar-refractivity contribution in [3.8, 4) is 0 Å². The quantitative estimate of drug-likeness (QED) is 0.609. The zero-order chi connectivity index (χ0) is 16.2. The van der Waals surface area contributed by atoms with Gasteiger partial charge in [-0.05, 0) is 41.5 Å². The maximum Gasteiger partial charge on any atom is 0.101 e. The van der Waals surface area contributed by atoms with Crippen molar-refractivity contribution in [2.24, 2.45) is 0 Å². The molecule has 0 aliphatic heterocycles. The number of rotatable bonds is 7. The average molecular weight is 358 g/mol. The molecule has 0 spiro atoms. The molecule has 0 amide bonds. The molecule has 0 aromatic heterocycles. The number of hydrogen-bond acceptors (Lipinski definition) is 1. The van der Waals surface area contributed by atoms with E-state index in [-0.39, 0.29) is 0 Å². The van der Waals surface area contributed by atoms with E-state index in [1.54, 1.807) is 18.0 Å². The molecule has 0 fully saturated rings. The molecule has 116 valence electrons. The molecule has 0 saturated heterocycles. The first-order valence-electron chi connectivity index (χ1n) is 6.84. The van der Waals surface area contributed by atoms with Gasteiger partial charge < -0.3 is 4.90 Å². The van der Waals surface area contributed by atoms with E-state index in [2.05, 4.69) is 29.1 Å². The molecule has 0 aliphatic carbocycles. The Labute approximate surface area is 134 Å². The highest BCUT2D eigenvalue weighted by Crippen LogP contribution is 2.39. The summed E-state index contributed by atoms with van der Waals surface area (Å²) in [5, 5.41) is 0. The molecule has 0 bridgehead atoms. The molecular weight excluding hydrogens is 336 g/mol. The monoisotopic (exact) mass is 357 g/mol. The van der Waals surface area contributed by atoms with Gasteiger partial charge >= 0.3 is 0 Å². The molecule has 0 N–H and O–H groups in total. The van der Waals surface area contributed by atoms with E-state index in [0.717, 1.165) is 27.7 Å². The zero-order valence-electron chi connectivity index (χ0n) is 12.8. The van der Waals surface area contributed by atoms with Crippen molar-refractivity contribution in [3.63, 3.8) is 0 Å². The number of hydrogen-bond donors (Lipinski definition) is 0. The molecule has 4 heteroatoms. The number of benzene rings is 1. The fraction of sp³-hybridized carbons (Fsp3) is 0.412. The first-order chi connectivity index (χ1) is 9.84. The Morgan fingerprint density at radius 3 is 2.38 bits per heavy atom. The molecule has 1 rings (SSSR count). The van der Waals surface area contributed by atoms with E-state index in [1.165, 1.54) is 0 Å². The van der Waals surface area contributed by atoms with Gasteiger partial charge in [-0.1, -0.05) is 42.9 Å². The predicted octanol–water partition coefficient (Wildman–Crippen LogP) is 5.65. The second-order valence-corrected chi connectivity index (χ2v) is 6.28. The summed E-state index contributed by atoms with van der Waals surface area (Å²) >= 11 is 3.52. The van der Waals surface area contributed by atoms with Crippen molar-refractivity contribution in [1.82, 2.24) is 0 Å². The Hall–Kier alpha value is -1.16. The lowest BCUT2D eigenvalue weighted by atomic mass is 9.82. The summed E-state index contributed by atoms with van der Waals surface area (Å²) in [6, 6.07) is 3.71. The van der Waals surface area contributed by atoms with Crippen LogP contribution < -0.4 is 4.90 Å². The summed E-state index contributed by atoms with van der Waals surface area (Å²) in [6.45, 7) is 9.81. The van der Waals surface area contributed by atoms with Crippen LogP contribution in [0.5, 0.6) is 0 Å². The van der Waals surface area contributed by atoms with Gasteiger partial charge in [0.2, 0.25) is 0 Å². The Balaban J connectivity index is 3.63. The van der Waals surface area contributed by atoms with Crippen molar-refractivity contribution in [2.75, 3.05) is 25.3 Å². The Bertz CT molecular complexity index is 536. The van der Waals surface area contributed by atoms with Crippen molar-refractivity contribution in [1.29, 1.82) is 0 Å². The van der Waals surface area contributed by atoms with Gasteiger partial charge in [0.05, 0.1) is 5.41 Å². The highest BCUT2D eigenvalue weighted by molar-refractivity contribution is 9.10. The van der Waals surface area contributed by atoms with Gasteiger partial charge in [-0.3, -0.25) is 8.78 Å². The van der Waals surface area contributed by atoms with Gasteiger partial charge in [0.25, 0.3) is 0 Å². The van der Waals surface area contributed by atoms with Crippen LogP contribution in [0, 0.1) is 0 Å². The van der Waals surface area contributed by atoms with E-state index in [0.29, 0.717) is 5.56 Å². The molecule has 0 heterocycles. The third-order valence-electron chi connectivity index (χ3n) is 3.79. The van der Waals surface area contributed by atoms with E-state index >= 15 is 0 Å². The van der Waals surface area contributed by atoms with Gasteiger partial charge in [0, 0.05) is 17.2 Å². The third-order valence-corrected chi connectivity index (χ3v) is 4.44. The van der Waals surface area contributed by atoms with Crippen molar-refractivity contribution < 1.29 is 8.78 Å². The number of alkyl halides is 2. The topological polar surface area (TPSA) is 3.24 Å². The fourth-order valence-corrected chi connectivity index (χ4v) is 2.69. The van der Waals surface area contributed by atoms with Gasteiger partial charge in [-0.2, -0.15) is 0 Å². The molecule has 0 atom stereocenters. The van der Waals surface area contributed by atoms with Crippen LogP contribution in [0.4, 0.5) is 14.5 Å². The third kappa shape index (κ3) is 3.54. The predicted molar refractivity (Wildman–Crippen MR) is 91.4 cm³/mol. The van der Waals surface area contributed by atoms with E-state index in [4.69, 9.17) is 0 Å². The summed E-state index contributed by atoms with van der Waals surface area (Å²) < 4.78 is 27.8. The largest absolute Gasteiger partial charge is 0.351 e. The Kier molecular flexibility index (Phi) is 6.14. The molecule has 0 aliphatic rings. The Morgan fingerprint density at radius 1 is 1.38 bits per heavy atom. The van der Waals surface area contributed by atoms with Crippen LogP contribution in [-0.2, 0) is 5.41 Å². The van der Waals surface area contributed by atoms with Crippen LogP contribution in [0.3, 0.4) is 0 Å². The SMILES string of the molecule is C=CN(C)c1cc(Br)c(C(=C)CC)cc1C(C)(CF)CF. The molecule has 21 heavy (non-hydrogen) atoms. The van der Waals surface area contributed by atoms with E-state index in [1.807, 2.05) is 26.1 Å². The molecular formula is C17H22BrF2N. The first kappa shape index (κ1) is 17.9. The second-order valence-electron chi connectivity index (χ2n) is 5.43. The molecule has 1 aromatic rings. The summed E-state index contributed by atoms with van der Waals surface area (Å²) in [5.41, 5.74) is 2.01. The number of anilines is 1. The van der Waals surface area contributed by atoms with Crippen LogP contribution in [0.1, 0.15) is 31.4 Å². The minimum Gasteiger partial charge on any atom is -0.351 e. The minimum atomic E-state index is -1.17. The molecule has 0 radical (unpaired) electrons. The van der Waals surface area contributed by atoms with Gasteiger partial charge in [-0.25, -0.2) is 0 Å². The van der Waals surface area contributed by atoms with Gasteiger partial charge in [0.1, 0.15) is 13.3 Å². The normalized spacial score (nSPS) is 11.3. The van der Waals surface area contributed by atoms with Gasteiger partial charge in [-0.15, -0.1) is 0 Å². The van der Waals surface area contributed by atoms with E-state index < -0.39 is 18.8 Å². The summed E-state index contributed by atoms with van der Waals surface area (Å²) in [6.07, 6.45) is 2.40. The maximum atomic E-state index is 13.5. The van der Waals surface area contributed by atoms with Crippen LogP contribution in [0.2, 0.25) is 0 Å². The summed E-state index contributed by atoms with van der Waals surface area (Å²) in [4.78, 5) is 1.77. The smallest absolute Gasteiger partial charge is 0.101 e. The molecule has 0 saturated carbocycles. The lowest BCUT2D eigenvalue weighted by molar-refractivity contribution is 0.258. The maximum absolute atomic E-state index is 13.5. The van der Waals surface area contributed by atoms with Crippen LogP contribution in [-0.4, -0.2) is 20.4 Å². The fourth-order valence-electron chi connectivity index (χ4n) is 2.08. The average Bonchev–Trinajstić information content (AvgIpc) is 2.52. The zero-order valence-corrected chi connectivity index (χ0v) is 14.4. The standard InChI is InChI=1S/C17H22BrF2N/c1-6-12(3)13-8-14(17(4,10-19)11-20)16(9-15(13)18)21(5)7-2/h7-9H,2-3,6,10-11H2,1,4-5H3. The van der Waals surface area contributed by atoms with Crippen molar-refractivity contribution in [3.05, 3.63) is 47.1 Å². The number of nitrogens with zero attached hydrogens (tertiary/aromatic N) is 1. The summed E-state index contributed by atoms with van der Waals surface area (Å²) in [7, 11) is 1.81. The minimum absolute atomic E-state index is 0.628. The van der Waals surface area contributed by atoms with Crippen LogP contribution >= 0.6 is 15.9 Å². The van der Waals surface area contributed by atoms with Crippen molar-refractivity contribution in [2.45, 2.75) is 25.7 Å². The highest BCUT2D eigenvalue weighted by Gasteiger charge is 2.31. The summed E-state index contributed by atoms with van der Waals surface area (Å²) in [5.74, 6) is 0. The van der Waals surface area contributed by atoms with E-state index in [9.17, 15) is 8.78 Å². The first-order valence-corrected chi connectivity index (χ1v) is 7.63. The van der Waals surface area contributed by atoms with Crippen molar-refractivity contribution >= 4 is 27.2 Å². The second kappa shape index (κ2) is 7.21. The molecule has 1 nitrogen and oxygen atoms in total. The van der Waals surface area contributed by atoms with Crippen LogP contribution in [0.25, 0.3) is 5.57 Å². The number of halogens is 3. The molecule has 1 aromatic carbocycles. The van der Waals surface area contributed by atoms with Crippen LogP contribution in [0.15, 0.2) is 36.0 Å². The molecule has 0 unspecified atom stereocenters.